The number of carbonyl (C=O) groups is 4. The van der Waals surface area contributed by atoms with Crippen LogP contribution in [-0.4, -0.2) is 88.5 Å². The molecule has 4 rings (SSSR count). The Hall–Kier alpha value is -3.44. The van der Waals surface area contributed by atoms with Gasteiger partial charge < -0.3 is 30.1 Å². The van der Waals surface area contributed by atoms with Crippen molar-refractivity contribution in [2.75, 3.05) is 33.2 Å². The van der Waals surface area contributed by atoms with Gasteiger partial charge in [-0.15, -0.1) is 12.4 Å². The van der Waals surface area contributed by atoms with Gasteiger partial charge in [-0.2, -0.15) is 0 Å². The van der Waals surface area contributed by atoms with E-state index in [9.17, 15) is 28.7 Å². The Morgan fingerprint density at radius 1 is 1.05 bits per heavy atom. The van der Waals surface area contributed by atoms with Crippen LogP contribution in [0.5, 0.6) is 0 Å². The average molecular weight is 606 g/mol. The third-order valence-corrected chi connectivity index (χ3v) is 8.49. The number of benzene rings is 1. The Morgan fingerprint density at radius 3 is 2.26 bits per heavy atom. The van der Waals surface area contributed by atoms with Crippen molar-refractivity contribution in [3.05, 3.63) is 40.8 Å². The van der Waals surface area contributed by atoms with Crippen molar-refractivity contribution < 1.29 is 28.7 Å². The highest BCUT2D eigenvalue weighted by Crippen LogP contribution is 2.31. The number of piperazine rings is 1. The summed E-state index contributed by atoms with van der Waals surface area (Å²) in [4.78, 5) is 55.2. The summed E-state index contributed by atoms with van der Waals surface area (Å²) >= 11 is 0. The summed E-state index contributed by atoms with van der Waals surface area (Å²) < 4.78 is 15.8. The summed E-state index contributed by atoms with van der Waals surface area (Å²) in [7, 11) is 3.40. The zero-order valence-electron chi connectivity index (χ0n) is 24.6. The van der Waals surface area contributed by atoms with E-state index in [1.54, 1.807) is 41.5 Å². The van der Waals surface area contributed by atoms with Crippen LogP contribution in [0.15, 0.2) is 23.8 Å². The largest absolute Gasteiger partial charge is 0.478 e. The highest BCUT2D eigenvalue weighted by atomic mass is 35.5. The van der Waals surface area contributed by atoms with Crippen molar-refractivity contribution in [2.45, 2.75) is 58.0 Å². The molecule has 0 spiro atoms. The molecule has 3 amide bonds. The summed E-state index contributed by atoms with van der Waals surface area (Å²) in [6.07, 6.45) is 6.36. The Kier molecular flexibility index (Phi) is 11.1. The smallest absolute Gasteiger partial charge is 0.331 e. The number of aliphatic carboxylic acids is 1. The van der Waals surface area contributed by atoms with E-state index in [0.717, 1.165) is 32.1 Å². The molecule has 3 N–H and O–H groups in total. The van der Waals surface area contributed by atoms with Crippen LogP contribution in [0.25, 0.3) is 17.0 Å². The molecular formula is C30H41ClFN5O5. The number of halogens is 2. The van der Waals surface area contributed by atoms with Gasteiger partial charge in [-0.25, -0.2) is 9.18 Å². The molecule has 2 heterocycles. The van der Waals surface area contributed by atoms with Crippen molar-refractivity contribution in [2.24, 2.45) is 13.0 Å². The predicted molar refractivity (Wildman–Crippen MR) is 161 cm³/mol. The van der Waals surface area contributed by atoms with Crippen LogP contribution >= 0.6 is 12.4 Å². The zero-order valence-corrected chi connectivity index (χ0v) is 25.4. The number of aryl methyl sites for hydroxylation is 1. The van der Waals surface area contributed by atoms with E-state index >= 15 is 0 Å². The first-order valence-electron chi connectivity index (χ1n) is 14.3. The van der Waals surface area contributed by atoms with E-state index in [-0.39, 0.29) is 60.4 Å². The second-order valence-corrected chi connectivity index (χ2v) is 11.1. The van der Waals surface area contributed by atoms with Gasteiger partial charge >= 0.3 is 5.97 Å². The number of fused-ring (bicyclic) bond motifs is 1. The maximum atomic E-state index is 14.2. The predicted octanol–water partition coefficient (Wildman–Crippen LogP) is 3.18. The lowest BCUT2D eigenvalue weighted by Crippen LogP contribution is -2.59. The first kappa shape index (κ1) is 33.1. The molecule has 1 aromatic carbocycles. The molecule has 12 heteroatoms. The van der Waals surface area contributed by atoms with E-state index in [2.05, 4.69) is 10.6 Å². The second kappa shape index (κ2) is 14.2. The lowest BCUT2D eigenvalue weighted by Gasteiger charge is -2.39. The summed E-state index contributed by atoms with van der Waals surface area (Å²) in [5, 5.41) is 15.8. The molecule has 42 heavy (non-hydrogen) atoms. The molecule has 1 saturated heterocycles. The third kappa shape index (κ3) is 6.95. The van der Waals surface area contributed by atoms with Crippen molar-refractivity contribution in [1.29, 1.82) is 0 Å². The third-order valence-electron chi connectivity index (χ3n) is 8.49. The topological polar surface area (TPSA) is 124 Å². The number of amides is 3. The van der Waals surface area contributed by atoms with Crippen LogP contribution in [0.4, 0.5) is 4.39 Å². The van der Waals surface area contributed by atoms with Crippen molar-refractivity contribution in [3.63, 3.8) is 0 Å². The molecule has 1 aliphatic carbocycles. The van der Waals surface area contributed by atoms with Gasteiger partial charge in [0.05, 0.1) is 6.04 Å². The van der Waals surface area contributed by atoms with E-state index < -0.39 is 23.9 Å². The molecule has 2 atom stereocenters. The van der Waals surface area contributed by atoms with Gasteiger partial charge in [0.25, 0.3) is 5.91 Å². The van der Waals surface area contributed by atoms with Crippen LogP contribution in [0, 0.1) is 11.7 Å². The standard InChI is InChI=1S/C30H40FN5O5.ClH/c1-18(30(40)41)16-23-22-17-21(31)10-11-24(22)34(4)26(23)29(39)36-14-12-35(13-15-36)28(38)25(20-8-6-5-7-9-20)33-27(37)19(2)32-3;/h10-11,16-17,19-20,25,32H,5-9,12-15H2,1-4H3,(H,33,37)(H,40,41);1H/b18-16+;. The molecule has 0 bridgehead atoms. The van der Waals surface area contributed by atoms with Gasteiger partial charge in [-0.3, -0.25) is 14.4 Å². The van der Waals surface area contributed by atoms with E-state index in [0.29, 0.717) is 29.6 Å². The summed E-state index contributed by atoms with van der Waals surface area (Å²) in [5.74, 6) is -2.20. The first-order chi connectivity index (χ1) is 19.5. The highest BCUT2D eigenvalue weighted by Gasteiger charge is 2.37. The van der Waals surface area contributed by atoms with Crippen LogP contribution < -0.4 is 10.6 Å². The van der Waals surface area contributed by atoms with Crippen LogP contribution in [0.3, 0.4) is 0 Å². The fraction of sp³-hybridized carbons (Fsp3) is 0.533. The minimum absolute atomic E-state index is 0. The average Bonchev–Trinajstić information content (AvgIpc) is 3.24. The Morgan fingerprint density at radius 2 is 1.67 bits per heavy atom. The zero-order chi connectivity index (χ0) is 29.8. The van der Waals surface area contributed by atoms with E-state index in [1.165, 1.54) is 25.1 Å². The lowest BCUT2D eigenvalue weighted by molar-refractivity contribution is -0.140. The van der Waals surface area contributed by atoms with E-state index in [4.69, 9.17) is 0 Å². The molecule has 1 saturated carbocycles. The Labute approximate surface area is 251 Å². The number of carboxylic acid groups (broad SMARTS) is 1. The van der Waals surface area contributed by atoms with Crippen molar-refractivity contribution in [1.82, 2.24) is 25.0 Å². The van der Waals surface area contributed by atoms with Gasteiger partial charge in [0.1, 0.15) is 17.6 Å². The molecule has 1 aromatic heterocycles. The van der Waals surface area contributed by atoms with Gasteiger partial charge in [-0.05, 0) is 63.9 Å². The normalized spacial score (nSPS) is 17.9. The number of rotatable bonds is 8. The van der Waals surface area contributed by atoms with Gasteiger partial charge in [-0.1, -0.05) is 19.3 Å². The summed E-state index contributed by atoms with van der Waals surface area (Å²) in [6, 6.07) is 3.14. The molecule has 1 aliphatic heterocycles. The summed E-state index contributed by atoms with van der Waals surface area (Å²) in [5.41, 5.74) is 1.24. The minimum atomic E-state index is -1.13. The lowest BCUT2D eigenvalue weighted by atomic mass is 9.83. The molecular weight excluding hydrogens is 565 g/mol. The number of hydrogen-bond donors (Lipinski definition) is 3. The number of hydrogen-bond acceptors (Lipinski definition) is 5. The number of carbonyl (C=O) groups excluding carboxylic acids is 3. The van der Waals surface area contributed by atoms with Gasteiger partial charge in [0, 0.05) is 55.3 Å². The number of aromatic nitrogens is 1. The van der Waals surface area contributed by atoms with Crippen LogP contribution in [0.1, 0.15) is 62.0 Å². The van der Waals surface area contributed by atoms with Gasteiger partial charge in [0.2, 0.25) is 11.8 Å². The monoisotopic (exact) mass is 605 g/mol. The Balaban J connectivity index is 0.00000484. The maximum absolute atomic E-state index is 14.2. The van der Waals surface area contributed by atoms with Crippen LogP contribution in [-0.2, 0) is 21.4 Å². The van der Waals surface area contributed by atoms with Crippen molar-refractivity contribution >= 4 is 53.1 Å². The molecule has 2 fully saturated rings. The quantitative estimate of drug-likeness (QED) is 0.397. The molecule has 2 aliphatic rings. The van der Waals surface area contributed by atoms with Crippen LogP contribution in [0.2, 0.25) is 0 Å². The van der Waals surface area contributed by atoms with E-state index in [1.807, 2.05) is 0 Å². The molecule has 2 aromatic rings. The highest BCUT2D eigenvalue weighted by molar-refractivity contribution is 6.07. The molecule has 2 unspecified atom stereocenters. The summed E-state index contributed by atoms with van der Waals surface area (Å²) in [6.45, 7) is 4.36. The molecule has 10 nitrogen and oxygen atoms in total. The maximum Gasteiger partial charge on any atom is 0.331 e. The number of nitrogens with zero attached hydrogens (tertiary/aromatic N) is 3. The second-order valence-electron chi connectivity index (χ2n) is 11.1. The fourth-order valence-corrected chi connectivity index (χ4v) is 5.86. The van der Waals surface area contributed by atoms with Gasteiger partial charge in [0.15, 0.2) is 0 Å². The number of nitrogens with one attached hydrogen (secondary N) is 2. The Bertz CT molecular complexity index is 1360. The number of carboxylic acids is 1. The minimum Gasteiger partial charge on any atom is -0.478 e. The number of likely N-dealkylation sites (N-methyl/N-ethyl adjacent to an activating group) is 1. The SMILES string of the molecule is CNC(C)C(=O)NC(C(=O)N1CCN(C(=O)c2c(/C=C(\C)C(=O)O)c3cc(F)ccc3n2C)CC1)C1CCCCC1.Cl. The fourth-order valence-electron chi connectivity index (χ4n) is 5.86. The molecule has 0 radical (unpaired) electrons. The molecule has 230 valence electrons. The first-order valence-corrected chi connectivity index (χ1v) is 14.3. The van der Waals surface area contributed by atoms with Crippen molar-refractivity contribution in [3.8, 4) is 0 Å².